The van der Waals surface area contributed by atoms with Crippen molar-refractivity contribution in [1.82, 2.24) is 14.6 Å². The van der Waals surface area contributed by atoms with Crippen LogP contribution in [0.4, 0.5) is 0 Å². The molecule has 0 aliphatic heterocycles. The lowest BCUT2D eigenvalue weighted by Gasteiger charge is -2.14. The summed E-state index contributed by atoms with van der Waals surface area (Å²) in [6.07, 6.45) is 1.97. The first-order chi connectivity index (χ1) is 14.2. The summed E-state index contributed by atoms with van der Waals surface area (Å²) < 4.78 is 23.8. The first-order valence-electron chi connectivity index (χ1n) is 8.98. The number of nitrogens with zero attached hydrogens (tertiary/aromatic N) is 3. The second-order valence-electron chi connectivity index (χ2n) is 6.28. The van der Waals surface area contributed by atoms with Crippen molar-refractivity contribution in [3.63, 3.8) is 0 Å². The maximum atomic E-state index is 5.56. The molecule has 2 aromatic heterocycles. The van der Waals surface area contributed by atoms with Gasteiger partial charge in [-0.05, 0) is 42.5 Å². The van der Waals surface area contributed by atoms with Gasteiger partial charge in [0.1, 0.15) is 11.5 Å². The second-order valence-corrected chi connectivity index (χ2v) is 6.28. The van der Waals surface area contributed by atoms with Crippen LogP contribution in [0.25, 0.3) is 28.2 Å². The molecule has 0 bridgehead atoms. The summed E-state index contributed by atoms with van der Waals surface area (Å²) in [5.74, 6) is 3.43. The van der Waals surface area contributed by atoms with Gasteiger partial charge in [-0.15, -0.1) is 10.2 Å². The third-order valence-corrected chi connectivity index (χ3v) is 4.76. The quantitative estimate of drug-likeness (QED) is 0.493. The van der Waals surface area contributed by atoms with E-state index in [9.17, 15) is 0 Å². The fourth-order valence-corrected chi connectivity index (χ4v) is 3.35. The Kier molecular flexibility index (Phi) is 4.95. The molecule has 0 radical (unpaired) electrons. The standard InChI is InChI=1S/C22H21N3O4/c1-26-16-10-8-14(12-19(16)29-4)22-24-23-20-11-9-15(13-25(20)22)21-17(27-2)6-5-7-18(21)28-3/h5-13H,1-4H3. The Labute approximate surface area is 168 Å². The fourth-order valence-electron chi connectivity index (χ4n) is 3.35. The minimum Gasteiger partial charge on any atom is -0.496 e. The van der Waals surface area contributed by atoms with E-state index in [1.54, 1.807) is 28.4 Å². The van der Waals surface area contributed by atoms with Crippen LogP contribution in [0.2, 0.25) is 0 Å². The van der Waals surface area contributed by atoms with Crippen molar-refractivity contribution in [2.75, 3.05) is 28.4 Å². The van der Waals surface area contributed by atoms with E-state index in [4.69, 9.17) is 18.9 Å². The molecule has 0 amide bonds. The summed E-state index contributed by atoms with van der Waals surface area (Å²) in [5, 5.41) is 8.66. The molecular weight excluding hydrogens is 370 g/mol. The van der Waals surface area contributed by atoms with E-state index in [1.165, 1.54) is 0 Å². The van der Waals surface area contributed by atoms with Crippen LogP contribution >= 0.6 is 0 Å². The SMILES string of the molecule is COc1ccc(-c2nnc3ccc(-c4c(OC)cccc4OC)cn23)cc1OC. The number of rotatable bonds is 6. The van der Waals surface area contributed by atoms with Gasteiger partial charge in [-0.1, -0.05) is 6.07 Å². The molecule has 0 aliphatic rings. The van der Waals surface area contributed by atoms with Crippen LogP contribution in [0.3, 0.4) is 0 Å². The van der Waals surface area contributed by atoms with Gasteiger partial charge in [-0.3, -0.25) is 4.40 Å². The van der Waals surface area contributed by atoms with Gasteiger partial charge in [0.2, 0.25) is 0 Å². The zero-order valence-electron chi connectivity index (χ0n) is 16.7. The first kappa shape index (κ1) is 18.6. The van der Waals surface area contributed by atoms with Crippen LogP contribution in [-0.4, -0.2) is 43.0 Å². The lowest BCUT2D eigenvalue weighted by molar-refractivity contribution is 0.355. The van der Waals surface area contributed by atoms with E-state index in [0.717, 1.165) is 33.8 Å². The van der Waals surface area contributed by atoms with Crippen LogP contribution in [0.5, 0.6) is 23.0 Å². The van der Waals surface area contributed by atoms with Crippen molar-refractivity contribution >= 4 is 5.65 Å². The van der Waals surface area contributed by atoms with Gasteiger partial charge in [0, 0.05) is 17.3 Å². The van der Waals surface area contributed by atoms with Gasteiger partial charge in [0.25, 0.3) is 0 Å². The Bertz CT molecular complexity index is 1150. The Hall–Kier alpha value is -3.74. The van der Waals surface area contributed by atoms with Crippen molar-refractivity contribution < 1.29 is 18.9 Å². The van der Waals surface area contributed by atoms with Gasteiger partial charge >= 0.3 is 0 Å². The third-order valence-electron chi connectivity index (χ3n) is 4.76. The van der Waals surface area contributed by atoms with Gasteiger partial charge in [0.15, 0.2) is 23.0 Å². The minimum atomic E-state index is 0.629. The van der Waals surface area contributed by atoms with E-state index >= 15 is 0 Å². The molecule has 2 heterocycles. The molecular formula is C22H21N3O4. The number of fused-ring (bicyclic) bond motifs is 1. The molecule has 4 aromatic rings. The van der Waals surface area contributed by atoms with Gasteiger partial charge in [0.05, 0.1) is 34.0 Å². The highest BCUT2D eigenvalue weighted by molar-refractivity contribution is 5.78. The molecule has 2 aromatic carbocycles. The number of ether oxygens (including phenoxy) is 4. The monoisotopic (exact) mass is 391 g/mol. The maximum absolute atomic E-state index is 5.56. The first-order valence-corrected chi connectivity index (χ1v) is 8.98. The van der Waals surface area contributed by atoms with Gasteiger partial charge < -0.3 is 18.9 Å². The lowest BCUT2D eigenvalue weighted by Crippen LogP contribution is -1.96. The summed E-state index contributed by atoms with van der Waals surface area (Å²) >= 11 is 0. The predicted octanol–water partition coefficient (Wildman–Crippen LogP) is 4.10. The smallest absolute Gasteiger partial charge is 0.168 e. The summed E-state index contributed by atoms with van der Waals surface area (Å²) in [4.78, 5) is 0. The van der Waals surface area contributed by atoms with Crippen LogP contribution in [0.1, 0.15) is 0 Å². The second kappa shape index (κ2) is 7.71. The van der Waals surface area contributed by atoms with Crippen molar-refractivity contribution in [2.24, 2.45) is 0 Å². The topological polar surface area (TPSA) is 67.1 Å². The van der Waals surface area contributed by atoms with Crippen molar-refractivity contribution in [2.45, 2.75) is 0 Å². The Morgan fingerprint density at radius 2 is 1.31 bits per heavy atom. The molecule has 0 atom stereocenters. The highest BCUT2D eigenvalue weighted by atomic mass is 16.5. The van der Waals surface area contributed by atoms with Crippen molar-refractivity contribution in [3.05, 3.63) is 54.7 Å². The number of pyridine rings is 1. The van der Waals surface area contributed by atoms with E-state index in [1.807, 2.05) is 59.1 Å². The molecule has 0 unspecified atom stereocenters. The fraction of sp³-hybridized carbons (Fsp3) is 0.182. The Balaban J connectivity index is 1.89. The molecule has 7 nitrogen and oxygen atoms in total. The van der Waals surface area contributed by atoms with Crippen LogP contribution < -0.4 is 18.9 Å². The van der Waals surface area contributed by atoms with Crippen molar-refractivity contribution in [1.29, 1.82) is 0 Å². The summed E-state index contributed by atoms with van der Waals surface area (Å²) in [7, 11) is 6.50. The highest BCUT2D eigenvalue weighted by Crippen LogP contribution is 2.39. The van der Waals surface area contributed by atoms with Gasteiger partial charge in [-0.2, -0.15) is 0 Å². The summed E-state index contributed by atoms with van der Waals surface area (Å²) in [6, 6.07) is 15.3. The number of benzene rings is 2. The van der Waals surface area contributed by atoms with Crippen LogP contribution in [0, 0.1) is 0 Å². The van der Waals surface area contributed by atoms with Crippen LogP contribution in [0.15, 0.2) is 54.7 Å². The van der Waals surface area contributed by atoms with E-state index < -0.39 is 0 Å². The summed E-state index contributed by atoms with van der Waals surface area (Å²) in [5.41, 5.74) is 3.38. The number of hydrogen-bond donors (Lipinski definition) is 0. The number of aromatic nitrogens is 3. The molecule has 0 saturated heterocycles. The van der Waals surface area contributed by atoms with E-state index in [-0.39, 0.29) is 0 Å². The average Bonchev–Trinajstić information content (AvgIpc) is 3.21. The predicted molar refractivity (Wildman–Crippen MR) is 110 cm³/mol. The van der Waals surface area contributed by atoms with E-state index in [0.29, 0.717) is 17.3 Å². The highest BCUT2D eigenvalue weighted by Gasteiger charge is 2.16. The molecule has 0 N–H and O–H groups in total. The number of hydrogen-bond acceptors (Lipinski definition) is 6. The van der Waals surface area contributed by atoms with Crippen molar-refractivity contribution in [3.8, 4) is 45.5 Å². The summed E-state index contributed by atoms with van der Waals surface area (Å²) in [6.45, 7) is 0. The maximum Gasteiger partial charge on any atom is 0.168 e. The molecule has 148 valence electrons. The van der Waals surface area contributed by atoms with Gasteiger partial charge in [-0.25, -0.2) is 0 Å². The van der Waals surface area contributed by atoms with Crippen LogP contribution in [-0.2, 0) is 0 Å². The third kappa shape index (κ3) is 3.20. The van der Waals surface area contributed by atoms with E-state index in [2.05, 4.69) is 10.2 Å². The lowest BCUT2D eigenvalue weighted by atomic mass is 10.1. The molecule has 0 spiro atoms. The largest absolute Gasteiger partial charge is 0.496 e. The zero-order chi connectivity index (χ0) is 20.4. The Morgan fingerprint density at radius 1 is 0.655 bits per heavy atom. The minimum absolute atomic E-state index is 0.629. The molecule has 0 fully saturated rings. The molecule has 7 heteroatoms. The molecule has 0 aliphatic carbocycles. The average molecular weight is 391 g/mol. The molecule has 0 saturated carbocycles. The molecule has 29 heavy (non-hydrogen) atoms. The Morgan fingerprint density at radius 3 is 1.97 bits per heavy atom. The molecule has 4 rings (SSSR count). The number of methoxy groups -OCH3 is 4. The zero-order valence-corrected chi connectivity index (χ0v) is 16.7. The normalized spacial score (nSPS) is 10.8.